The van der Waals surface area contributed by atoms with Crippen LogP contribution in [0.15, 0.2) is 119 Å². The Morgan fingerprint density at radius 3 is 2.17 bits per heavy atom. The van der Waals surface area contributed by atoms with Crippen molar-refractivity contribution >= 4 is 32.2 Å². The Hall–Kier alpha value is -4.34. The molecule has 4 N–H and O–H groups in total. The maximum Gasteiger partial charge on any atom is 0.241 e. The number of fused-ring (bicyclic) bond motifs is 1. The SMILES string of the molecule is C=C(/N=C1/C=CC=C/C1=C(/N)N(C)C)NCc1ccc(CNS(=O)(=O)c2cccc3c(N(C)C)cccc23)cc1. The van der Waals surface area contributed by atoms with Crippen molar-refractivity contribution in [3.05, 3.63) is 120 Å². The molecule has 0 bridgehead atoms. The molecule has 0 radical (unpaired) electrons. The minimum Gasteiger partial charge on any atom is -0.385 e. The average molecular weight is 557 g/mol. The summed E-state index contributed by atoms with van der Waals surface area (Å²) < 4.78 is 29.2. The van der Waals surface area contributed by atoms with Crippen molar-refractivity contribution in [1.82, 2.24) is 14.9 Å². The molecule has 0 aliphatic heterocycles. The molecule has 0 aromatic heterocycles. The lowest BCUT2D eigenvalue weighted by atomic mass is 10.1. The van der Waals surface area contributed by atoms with Crippen LogP contribution in [0.5, 0.6) is 0 Å². The van der Waals surface area contributed by atoms with Crippen LogP contribution in [0, 0.1) is 0 Å². The molecule has 208 valence electrons. The van der Waals surface area contributed by atoms with Crippen molar-refractivity contribution in [3.63, 3.8) is 0 Å². The predicted molar refractivity (Wildman–Crippen MR) is 165 cm³/mol. The normalized spacial score (nSPS) is 15.3. The summed E-state index contributed by atoms with van der Waals surface area (Å²) >= 11 is 0. The molecular weight excluding hydrogens is 520 g/mol. The molecule has 1 aliphatic carbocycles. The summed E-state index contributed by atoms with van der Waals surface area (Å²) in [6.45, 7) is 4.73. The summed E-state index contributed by atoms with van der Waals surface area (Å²) in [5, 5.41) is 4.81. The molecule has 9 heteroatoms. The van der Waals surface area contributed by atoms with Gasteiger partial charge in [-0.25, -0.2) is 18.1 Å². The largest absolute Gasteiger partial charge is 0.385 e. The number of nitrogens with one attached hydrogen (secondary N) is 2. The summed E-state index contributed by atoms with van der Waals surface area (Å²) in [7, 11) is 3.94. The van der Waals surface area contributed by atoms with E-state index in [1.54, 1.807) is 12.1 Å². The van der Waals surface area contributed by atoms with E-state index in [-0.39, 0.29) is 11.4 Å². The van der Waals surface area contributed by atoms with Gasteiger partial charge in [0.25, 0.3) is 0 Å². The Morgan fingerprint density at radius 1 is 0.875 bits per heavy atom. The molecule has 0 saturated heterocycles. The fraction of sp³-hybridized carbons (Fsp3) is 0.194. The van der Waals surface area contributed by atoms with Crippen molar-refractivity contribution < 1.29 is 8.42 Å². The summed E-state index contributed by atoms with van der Waals surface area (Å²) in [5.74, 6) is 1.14. The van der Waals surface area contributed by atoms with Crippen molar-refractivity contribution in [2.75, 3.05) is 33.1 Å². The number of rotatable bonds is 10. The molecule has 0 fully saturated rings. The van der Waals surface area contributed by atoms with Gasteiger partial charge in [-0.1, -0.05) is 67.3 Å². The second kappa shape index (κ2) is 12.2. The smallest absolute Gasteiger partial charge is 0.241 e. The highest BCUT2D eigenvalue weighted by Gasteiger charge is 2.18. The van der Waals surface area contributed by atoms with Gasteiger partial charge in [-0.05, 0) is 35.4 Å². The molecule has 0 amide bonds. The fourth-order valence-electron chi connectivity index (χ4n) is 4.34. The van der Waals surface area contributed by atoms with Gasteiger partial charge in [0.1, 0.15) is 11.6 Å². The summed E-state index contributed by atoms with van der Waals surface area (Å²) in [5.41, 5.74) is 10.6. The first-order chi connectivity index (χ1) is 19.1. The van der Waals surface area contributed by atoms with Crippen LogP contribution in [0.3, 0.4) is 0 Å². The molecule has 1 aliphatic rings. The third kappa shape index (κ3) is 6.62. The number of anilines is 1. The van der Waals surface area contributed by atoms with E-state index in [1.807, 2.05) is 111 Å². The van der Waals surface area contributed by atoms with E-state index in [4.69, 9.17) is 5.73 Å². The minimum atomic E-state index is -3.72. The summed E-state index contributed by atoms with van der Waals surface area (Å²) in [4.78, 5) is 8.69. The fourth-order valence-corrected chi connectivity index (χ4v) is 5.57. The van der Waals surface area contributed by atoms with Crippen LogP contribution >= 0.6 is 0 Å². The lowest BCUT2D eigenvalue weighted by molar-refractivity contribution is 0.503. The van der Waals surface area contributed by atoms with Crippen LogP contribution in [-0.2, 0) is 23.1 Å². The van der Waals surface area contributed by atoms with Crippen LogP contribution in [0.4, 0.5) is 5.69 Å². The van der Waals surface area contributed by atoms with Gasteiger partial charge in [0.2, 0.25) is 10.0 Å². The predicted octanol–water partition coefficient (Wildman–Crippen LogP) is 4.24. The Labute approximate surface area is 236 Å². The maximum atomic E-state index is 13.2. The van der Waals surface area contributed by atoms with E-state index in [0.717, 1.165) is 33.5 Å². The van der Waals surface area contributed by atoms with Crippen LogP contribution in [0.25, 0.3) is 10.8 Å². The first-order valence-corrected chi connectivity index (χ1v) is 14.4. The van der Waals surface area contributed by atoms with Crippen molar-refractivity contribution in [2.24, 2.45) is 10.7 Å². The Kier molecular flexibility index (Phi) is 8.77. The monoisotopic (exact) mass is 556 g/mol. The lowest BCUT2D eigenvalue weighted by Crippen LogP contribution is -2.24. The lowest BCUT2D eigenvalue weighted by Gasteiger charge is -2.18. The van der Waals surface area contributed by atoms with Gasteiger partial charge in [-0.2, -0.15) is 0 Å². The van der Waals surface area contributed by atoms with Gasteiger partial charge in [-0.15, -0.1) is 0 Å². The van der Waals surface area contributed by atoms with Crippen molar-refractivity contribution in [1.29, 1.82) is 0 Å². The van der Waals surface area contributed by atoms with Crippen LogP contribution in [0.1, 0.15) is 11.1 Å². The summed E-state index contributed by atoms with van der Waals surface area (Å²) in [6.07, 6.45) is 7.65. The number of nitrogens with zero attached hydrogens (tertiary/aromatic N) is 3. The van der Waals surface area contributed by atoms with E-state index >= 15 is 0 Å². The topological polar surface area (TPSA) is 103 Å². The van der Waals surface area contributed by atoms with E-state index in [2.05, 4.69) is 21.6 Å². The highest BCUT2D eigenvalue weighted by Crippen LogP contribution is 2.30. The van der Waals surface area contributed by atoms with E-state index in [1.165, 1.54) is 0 Å². The highest BCUT2D eigenvalue weighted by atomic mass is 32.2. The van der Waals surface area contributed by atoms with Gasteiger partial charge in [-0.3, -0.25) is 0 Å². The number of benzene rings is 3. The highest BCUT2D eigenvalue weighted by molar-refractivity contribution is 7.89. The quantitative estimate of drug-likeness (QED) is 0.345. The first-order valence-electron chi connectivity index (χ1n) is 12.9. The zero-order valence-electron chi connectivity index (χ0n) is 23.3. The molecule has 0 heterocycles. The second-order valence-electron chi connectivity index (χ2n) is 9.87. The van der Waals surface area contributed by atoms with Gasteiger partial charge >= 0.3 is 0 Å². The van der Waals surface area contributed by atoms with Crippen LogP contribution in [-0.4, -0.2) is 47.2 Å². The zero-order chi connectivity index (χ0) is 28.9. The standard InChI is InChI=1S/C31H36N6O2S/c1-22(35-28-13-7-6-10-27(28)31(32)37(4)5)33-20-23-16-18-24(19-17-23)21-34-40(38,39)30-15-9-11-25-26(30)12-8-14-29(25)36(2)3/h6-19,33-34H,1,20-21,32H2,2-5H3/b31-27+,35-28-. The van der Waals surface area contributed by atoms with Gasteiger partial charge in [0.15, 0.2) is 0 Å². The van der Waals surface area contributed by atoms with Crippen molar-refractivity contribution in [2.45, 2.75) is 18.0 Å². The molecule has 0 atom stereocenters. The van der Waals surface area contributed by atoms with Crippen LogP contribution in [0.2, 0.25) is 0 Å². The van der Waals surface area contributed by atoms with Crippen LogP contribution < -0.4 is 20.7 Å². The molecule has 4 rings (SSSR count). The zero-order valence-corrected chi connectivity index (χ0v) is 24.2. The number of allylic oxidation sites excluding steroid dienone is 5. The Bertz CT molecular complexity index is 1630. The Balaban J connectivity index is 1.39. The molecule has 40 heavy (non-hydrogen) atoms. The third-order valence-corrected chi connectivity index (χ3v) is 7.99. The Morgan fingerprint density at radius 2 is 1.50 bits per heavy atom. The number of sulfonamides is 1. The number of aliphatic imine (C=N–C) groups is 1. The van der Waals surface area contributed by atoms with Gasteiger partial charge in [0.05, 0.1) is 10.6 Å². The first kappa shape index (κ1) is 28.7. The maximum absolute atomic E-state index is 13.2. The van der Waals surface area contributed by atoms with E-state index < -0.39 is 10.0 Å². The second-order valence-corrected chi connectivity index (χ2v) is 11.6. The summed E-state index contributed by atoms with van der Waals surface area (Å²) in [6, 6.07) is 18.8. The van der Waals surface area contributed by atoms with Gasteiger partial charge < -0.3 is 20.9 Å². The average Bonchev–Trinajstić information content (AvgIpc) is 2.94. The minimum absolute atomic E-state index is 0.183. The molecule has 0 unspecified atom stereocenters. The molecule has 8 nitrogen and oxygen atoms in total. The van der Waals surface area contributed by atoms with Crippen molar-refractivity contribution in [3.8, 4) is 0 Å². The number of nitrogens with two attached hydrogens (primary N) is 1. The molecule has 0 saturated carbocycles. The molecule has 3 aromatic carbocycles. The molecular formula is C31H36N6O2S. The number of hydrogen-bond acceptors (Lipinski definition) is 7. The van der Waals surface area contributed by atoms with Gasteiger partial charge in [0, 0.05) is 63.3 Å². The van der Waals surface area contributed by atoms with E-state index in [0.29, 0.717) is 23.6 Å². The van der Waals surface area contributed by atoms with E-state index in [9.17, 15) is 8.42 Å². The molecule has 0 spiro atoms. The number of hydrogen-bond donors (Lipinski definition) is 3. The molecule has 3 aromatic rings. The third-order valence-electron chi connectivity index (χ3n) is 6.53.